The summed E-state index contributed by atoms with van der Waals surface area (Å²) >= 11 is 12.2. The number of sulfonamides is 1. The van der Waals surface area contributed by atoms with Crippen molar-refractivity contribution >= 4 is 38.3 Å². The Morgan fingerprint density at radius 1 is 1.05 bits per heavy atom. The molecule has 2 aromatic carbocycles. The molecule has 0 atom stereocenters. The molecule has 0 aliphatic carbocycles. The SMILES string of the molecule is Cc1ccc(/C(Cl)=C(\CCl)NS(=O)(=O)c2ccccc2)cc1. The number of benzene rings is 2. The molecule has 0 unspecified atom stereocenters. The summed E-state index contributed by atoms with van der Waals surface area (Å²) in [7, 11) is -3.71. The number of alkyl halides is 1. The van der Waals surface area contributed by atoms with Gasteiger partial charge in [0.15, 0.2) is 0 Å². The van der Waals surface area contributed by atoms with Crippen LogP contribution < -0.4 is 4.72 Å². The van der Waals surface area contributed by atoms with Crippen molar-refractivity contribution in [2.75, 3.05) is 5.88 Å². The number of rotatable bonds is 5. The Kier molecular flexibility index (Phi) is 5.51. The molecule has 0 amide bonds. The predicted octanol–water partition coefficient (Wildman–Crippen LogP) is 4.12. The summed E-state index contributed by atoms with van der Waals surface area (Å²) in [6, 6.07) is 15.5. The number of nitrogens with one attached hydrogen (secondary N) is 1. The van der Waals surface area contributed by atoms with E-state index in [2.05, 4.69) is 4.72 Å². The summed E-state index contributed by atoms with van der Waals surface area (Å²) in [5, 5.41) is 0.287. The number of aryl methyl sites for hydroxylation is 1. The second-order valence-corrected chi connectivity index (χ2v) is 7.04. The zero-order valence-electron chi connectivity index (χ0n) is 11.9. The Hall–Kier alpha value is -1.49. The molecule has 0 aliphatic heterocycles. The first kappa shape index (κ1) is 16.9. The third-order valence-electron chi connectivity index (χ3n) is 3.01. The third-order valence-corrected chi connectivity index (χ3v) is 5.14. The molecule has 0 aliphatic rings. The van der Waals surface area contributed by atoms with E-state index in [-0.39, 0.29) is 21.5 Å². The maximum absolute atomic E-state index is 12.3. The van der Waals surface area contributed by atoms with Crippen LogP contribution in [0.5, 0.6) is 0 Å². The molecule has 3 nitrogen and oxygen atoms in total. The molecule has 0 spiro atoms. The van der Waals surface area contributed by atoms with Gasteiger partial charge in [-0.3, -0.25) is 4.72 Å². The summed E-state index contributed by atoms with van der Waals surface area (Å²) in [6.07, 6.45) is 0. The van der Waals surface area contributed by atoms with E-state index in [0.29, 0.717) is 5.56 Å². The fraction of sp³-hybridized carbons (Fsp3) is 0.125. The molecular weight excluding hydrogens is 341 g/mol. The van der Waals surface area contributed by atoms with Gasteiger partial charge in [-0.25, -0.2) is 8.42 Å². The third kappa shape index (κ3) is 4.03. The molecule has 116 valence electrons. The lowest BCUT2D eigenvalue weighted by atomic mass is 10.1. The van der Waals surface area contributed by atoms with Gasteiger partial charge in [-0.2, -0.15) is 0 Å². The van der Waals surface area contributed by atoms with Crippen molar-refractivity contribution in [1.29, 1.82) is 0 Å². The quantitative estimate of drug-likeness (QED) is 0.820. The maximum atomic E-state index is 12.3. The van der Waals surface area contributed by atoms with Gasteiger partial charge < -0.3 is 0 Å². The molecule has 6 heteroatoms. The van der Waals surface area contributed by atoms with Crippen molar-refractivity contribution in [2.45, 2.75) is 11.8 Å². The Morgan fingerprint density at radius 3 is 2.18 bits per heavy atom. The zero-order valence-corrected chi connectivity index (χ0v) is 14.2. The molecule has 0 radical (unpaired) electrons. The van der Waals surface area contributed by atoms with Crippen LogP contribution in [0.4, 0.5) is 0 Å². The van der Waals surface area contributed by atoms with Crippen LogP contribution in [0.25, 0.3) is 5.03 Å². The molecule has 0 heterocycles. The van der Waals surface area contributed by atoms with Crippen LogP contribution in [0.1, 0.15) is 11.1 Å². The molecular formula is C16H15Cl2NO2S. The highest BCUT2D eigenvalue weighted by Gasteiger charge is 2.17. The lowest BCUT2D eigenvalue weighted by Gasteiger charge is -2.12. The largest absolute Gasteiger partial charge is 0.281 e. The summed E-state index contributed by atoms with van der Waals surface area (Å²) < 4.78 is 27.1. The molecule has 0 fully saturated rings. The van der Waals surface area contributed by atoms with E-state index in [1.807, 2.05) is 31.2 Å². The van der Waals surface area contributed by atoms with E-state index in [1.54, 1.807) is 18.2 Å². The van der Waals surface area contributed by atoms with Crippen molar-refractivity contribution in [3.63, 3.8) is 0 Å². The van der Waals surface area contributed by atoms with Crippen LogP contribution in [-0.4, -0.2) is 14.3 Å². The minimum Gasteiger partial charge on any atom is -0.281 e. The topological polar surface area (TPSA) is 46.2 Å². The van der Waals surface area contributed by atoms with E-state index in [4.69, 9.17) is 23.2 Å². The molecule has 1 N–H and O–H groups in total. The predicted molar refractivity (Wildman–Crippen MR) is 91.4 cm³/mol. The Balaban J connectivity index is 2.36. The van der Waals surface area contributed by atoms with Crippen LogP contribution in [-0.2, 0) is 10.0 Å². The number of hydrogen-bond acceptors (Lipinski definition) is 2. The summed E-state index contributed by atoms with van der Waals surface area (Å²) in [6.45, 7) is 1.96. The second kappa shape index (κ2) is 7.18. The average molecular weight is 356 g/mol. The molecule has 22 heavy (non-hydrogen) atoms. The van der Waals surface area contributed by atoms with Gasteiger partial charge in [0.25, 0.3) is 10.0 Å². The summed E-state index contributed by atoms with van der Waals surface area (Å²) in [4.78, 5) is 0.158. The highest BCUT2D eigenvalue weighted by atomic mass is 35.5. The van der Waals surface area contributed by atoms with Crippen molar-refractivity contribution in [2.24, 2.45) is 0 Å². The lowest BCUT2D eigenvalue weighted by molar-refractivity contribution is 0.589. The first-order valence-corrected chi connectivity index (χ1v) is 8.93. The Labute approximate surface area is 140 Å². The standard InChI is InChI=1S/C16H15Cl2NO2S/c1-12-7-9-13(10-8-12)16(18)15(11-17)19-22(20,21)14-5-3-2-4-6-14/h2-10,19H,11H2,1H3/b16-15-. The van der Waals surface area contributed by atoms with Crippen molar-refractivity contribution < 1.29 is 8.42 Å². The van der Waals surface area contributed by atoms with Gasteiger partial charge >= 0.3 is 0 Å². The normalized spacial score (nSPS) is 12.7. The highest BCUT2D eigenvalue weighted by molar-refractivity contribution is 7.89. The van der Waals surface area contributed by atoms with Gasteiger partial charge in [0.1, 0.15) is 0 Å². The van der Waals surface area contributed by atoms with Gasteiger partial charge in [-0.05, 0) is 24.6 Å². The van der Waals surface area contributed by atoms with Gasteiger partial charge in [0.05, 0.1) is 21.5 Å². The summed E-state index contributed by atoms with van der Waals surface area (Å²) in [5.41, 5.74) is 2.04. The van der Waals surface area contributed by atoms with Crippen LogP contribution in [0.15, 0.2) is 65.2 Å². The fourth-order valence-electron chi connectivity index (χ4n) is 1.83. The van der Waals surface area contributed by atoms with Crippen molar-refractivity contribution in [3.8, 4) is 0 Å². The number of halogens is 2. The fourth-order valence-corrected chi connectivity index (χ4v) is 3.60. The maximum Gasteiger partial charge on any atom is 0.261 e. The van der Waals surface area contributed by atoms with Crippen LogP contribution in [0, 0.1) is 6.92 Å². The smallest absolute Gasteiger partial charge is 0.261 e. The molecule has 2 rings (SSSR count). The summed E-state index contributed by atoms with van der Waals surface area (Å²) in [5.74, 6) is -0.0429. The Morgan fingerprint density at radius 2 is 1.64 bits per heavy atom. The minimum absolute atomic E-state index is 0.0429. The van der Waals surface area contributed by atoms with Crippen molar-refractivity contribution in [3.05, 3.63) is 71.4 Å². The van der Waals surface area contributed by atoms with E-state index >= 15 is 0 Å². The molecule has 0 aromatic heterocycles. The van der Waals surface area contributed by atoms with Crippen molar-refractivity contribution in [1.82, 2.24) is 4.72 Å². The van der Waals surface area contributed by atoms with Crippen LogP contribution in [0.3, 0.4) is 0 Å². The van der Waals surface area contributed by atoms with Crippen LogP contribution >= 0.6 is 23.2 Å². The van der Waals surface area contributed by atoms with Gasteiger partial charge in [-0.1, -0.05) is 59.6 Å². The first-order chi connectivity index (χ1) is 10.4. The number of allylic oxidation sites excluding steroid dienone is 1. The lowest BCUT2D eigenvalue weighted by Crippen LogP contribution is -2.24. The number of hydrogen-bond donors (Lipinski definition) is 1. The minimum atomic E-state index is -3.71. The average Bonchev–Trinajstić information content (AvgIpc) is 2.53. The van der Waals surface area contributed by atoms with E-state index in [9.17, 15) is 8.42 Å². The van der Waals surface area contributed by atoms with Gasteiger partial charge in [0, 0.05) is 0 Å². The van der Waals surface area contributed by atoms with Crippen LogP contribution in [0.2, 0.25) is 0 Å². The van der Waals surface area contributed by atoms with E-state index < -0.39 is 10.0 Å². The monoisotopic (exact) mass is 355 g/mol. The second-order valence-electron chi connectivity index (χ2n) is 4.71. The first-order valence-electron chi connectivity index (χ1n) is 6.53. The molecule has 0 saturated carbocycles. The Bertz CT molecular complexity index is 770. The molecule has 0 saturated heterocycles. The van der Waals surface area contributed by atoms with E-state index in [1.165, 1.54) is 12.1 Å². The molecule has 0 bridgehead atoms. The zero-order chi connectivity index (χ0) is 16.2. The highest BCUT2D eigenvalue weighted by Crippen LogP contribution is 2.24. The van der Waals surface area contributed by atoms with E-state index in [0.717, 1.165) is 5.56 Å². The van der Waals surface area contributed by atoms with Gasteiger partial charge in [0.2, 0.25) is 0 Å². The molecule has 2 aromatic rings. The van der Waals surface area contributed by atoms with Gasteiger partial charge in [-0.15, -0.1) is 11.6 Å².